The fraction of sp³-hybridized carbons (Fsp3) is 0.316. The lowest BCUT2D eigenvalue weighted by atomic mass is 10.1. The van der Waals surface area contributed by atoms with Crippen LogP contribution in [0.5, 0.6) is 0 Å². The summed E-state index contributed by atoms with van der Waals surface area (Å²) < 4.78 is 12.8. The Morgan fingerprint density at radius 3 is 2.25 bits per heavy atom. The van der Waals surface area contributed by atoms with Crippen LogP contribution in [-0.4, -0.2) is 38.0 Å². The van der Waals surface area contributed by atoms with Crippen molar-refractivity contribution >= 4 is 11.6 Å². The van der Waals surface area contributed by atoms with E-state index in [4.69, 9.17) is 0 Å². The Hall–Kier alpha value is -2.40. The summed E-state index contributed by atoms with van der Waals surface area (Å²) in [7, 11) is 4.08. The van der Waals surface area contributed by atoms with Crippen LogP contribution >= 0.6 is 0 Å². The molecule has 2 N–H and O–H groups in total. The Kier molecular flexibility index (Phi) is 6.75. The molecule has 0 aliphatic rings. The Bertz CT molecular complexity index is 639. The van der Waals surface area contributed by atoms with Crippen molar-refractivity contribution in [1.82, 2.24) is 10.2 Å². The molecule has 0 aliphatic carbocycles. The van der Waals surface area contributed by atoms with Gasteiger partial charge in [0, 0.05) is 25.3 Å². The van der Waals surface area contributed by atoms with Gasteiger partial charge < -0.3 is 15.5 Å². The SMILES string of the molecule is CN(C)CCNc1ccc(CNC(=O)Cc2ccc(F)cc2)cc1. The average molecular weight is 329 g/mol. The van der Waals surface area contributed by atoms with Crippen LogP contribution in [0, 0.1) is 5.82 Å². The van der Waals surface area contributed by atoms with Gasteiger partial charge in [0.05, 0.1) is 6.42 Å². The first-order valence-corrected chi connectivity index (χ1v) is 8.01. The molecule has 1 amide bonds. The van der Waals surface area contributed by atoms with Crippen molar-refractivity contribution in [1.29, 1.82) is 0 Å². The number of benzene rings is 2. The molecule has 128 valence electrons. The number of nitrogens with zero attached hydrogens (tertiary/aromatic N) is 1. The molecule has 0 atom stereocenters. The molecule has 0 spiro atoms. The zero-order chi connectivity index (χ0) is 17.4. The first-order valence-electron chi connectivity index (χ1n) is 8.01. The number of nitrogens with one attached hydrogen (secondary N) is 2. The van der Waals surface area contributed by atoms with Gasteiger partial charge in [-0.1, -0.05) is 24.3 Å². The van der Waals surface area contributed by atoms with Crippen molar-refractivity contribution in [3.63, 3.8) is 0 Å². The van der Waals surface area contributed by atoms with Crippen molar-refractivity contribution in [3.8, 4) is 0 Å². The van der Waals surface area contributed by atoms with Gasteiger partial charge in [-0.05, 0) is 49.5 Å². The lowest BCUT2D eigenvalue weighted by Gasteiger charge is -2.12. The van der Waals surface area contributed by atoms with Crippen LogP contribution in [-0.2, 0) is 17.8 Å². The van der Waals surface area contributed by atoms with Crippen molar-refractivity contribution in [2.75, 3.05) is 32.5 Å². The predicted molar refractivity (Wildman–Crippen MR) is 95.4 cm³/mol. The van der Waals surface area contributed by atoms with E-state index >= 15 is 0 Å². The number of likely N-dealkylation sites (N-methyl/N-ethyl adjacent to an activating group) is 1. The Labute approximate surface area is 142 Å². The number of halogens is 1. The summed E-state index contributed by atoms with van der Waals surface area (Å²) in [6, 6.07) is 14.0. The van der Waals surface area contributed by atoms with E-state index in [9.17, 15) is 9.18 Å². The van der Waals surface area contributed by atoms with Crippen LogP contribution in [0.15, 0.2) is 48.5 Å². The van der Waals surface area contributed by atoms with Gasteiger partial charge in [-0.25, -0.2) is 4.39 Å². The van der Waals surface area contributed by atoms with Crippen LogP contribution in [0.3, 0.4) is 0 Å². The highest BCUT2D eigenvalue weighted by atomic mass is 19.1. The lowest BCUT2D eigenvalue weighted by molar-refractivity contribution is -0.120. The van der Waals surface area contributed by atoms with E-state index in [0.717, 1.165) is 29.9 Å². The van der Waals surface area contributed by atoms with Crippen LogP contribution < -0.4 is 10.6 Å². The van der Waals surface area contributed by atoms with E-state index < -0.39 is 0 Å². The van der Waals surface area contributed by atoms with E-state index in [1.54, 1.807) is 12.1 Å². The number of carbonyl (C=O) groups excluding carboxylic acids is 1. The second kappa shape index (κ2) is 9.03. The van der Waals surface area contributed by atoms with Gasteiger partial charge in [-0.3, -0.25) is 4.79 Å². The van der Waals surface area contributed by atoms with Gasteiger partial charge >= 0.3 is 0 Å². The third-order valence-corrected chi connectivity index (χ3v) is 3.61. The van der Waals surface area contributed by atoms with E-state index in [-0.39, 0.29) is 18.1 Å². The van der Waals surface area contributed by atoms with Crippen LogP contribution in [0.1, 0.15) is 11.1 Å². The molecule has 0 heterocycles. The highest BCUT2D eigenvalue weighted by Crippen LogP contribution is 2.09. The summed E-state index contributed by atoms with van der Waals surface area (Å²) in [5.41, 5.74) is 2.91. The number of carbonyl (C=O) groups is 1. The summed E-state index contributed by atoms with van der Waals surface area (Å²) in [6.07, 6.45) is 0.254. The van der Waals surface area contributed by atoms with Crippen molar-refractivity contribution in [2.24, 2.45) is 0 Å². The minimum Gasteiger partial charge on any atom is -0.384 e. The van der Waals surface area contributed by atoms with Crippen molar-refractivity contribution in [3.05, 3.63) is 65.5 Å². The molecule has 0 radical (unpaired) electrons. The zero-order valence-corrected chi connectivity index (χ0v) is 14.2. The third-order valence-electron chi connectivity index (χ3n) is 3.61. The van der Waals surface area contributed by atoms with Gasteiger partial charge in [0.2, 0.25) is 5.91 Å². The fourth-order valence-corrected chi connectivity index (χ4v) is 2.22. The Morgan fingerprint density at radius 1 is 1.00 bits per heavy atom. The van der Waals surface area contributed by atoms with E-state index in [2.05, 4.69) is 15.5 Å². The van der Waals surface area contributed by atoms with E-state index in [0.29, 0.717) is 6.54 Å². The molecule has 0 saturated heterocycles. The van der Waals surface area contributed by atoms with Crippen molar-refractivity contribution in [2.45, 2.75) is 13.0 Å². The highest BCUT2D eigenvalue weighted by Gasteiger charge is 2.04. The summed E-state index contributed by atoms with van der Waals surface area (Å²) in [4.78, 5) is 14.0. The first kappa shape index (κ1) is 17.9. The topological polar surface area (TPSA) is 44.4 Å². The standard InChI is InChI=1S/C19H24FN3O/c1-23(2)12-11-21-18-9-5-16(6-10-18)14-22-19(24)13-15-3-7-17(20)8-4-15/h3-10,21H,11-14H2,1-2H3,(H,22,24). The molecule has 2 rings (SSSR count). The summed E-state index contributed by atoms with van der Waals surface area (Å²) in [5, 5.41) is 6.23. The molecule has 0 fully saturated rings. The second-order valence-corrected chi connectivity index (χ2v) is 6.01. The molecule has 0 unspecified atom stereocenters. The molecule has 0 bridgehead atoms. The normalized spacial score (nSPS) is 10.7. The van der Waals surface area contributed by atoms with Gasteiger partial charge in [-0.2, -0.15) is 0 Å². The van der Waals surface area contributed by atoms with Crippen LogP contribution in [0.25, 0.3) is 0 Å². The molecular formula is C19H24FN3O. The maximum atomic E-state index is 12.8. The predicted octanol–water partition coefficient (Wildman–Crippen LogP) is 2.66. The largest absolute Gasteiger partial charge is 0.384 e. The summed E-state index contributed by atoms with van der Waals surface area (Å²) in [5.74, 6) is -0.367. The molecular weight excluding hydrogens is 305 g/mol. The molecule has 5 heteroatoms. The number of rotatable bonds is 8. The lowest BCUT2D eigenvalue weighted by Crippen LogP contribution is -2.24. The molecule has 0 aliphatic heterocycles. The maximum Gasteiger partial charge on any atom is 0.224 e. The average Bonchev–Trinajstić information content (AvgIpc) is 2.56. The number of amides is 1. The second-order valence-electron chi connectivity index (χ2n) is 6.01. The van der Waals surface area contributed by atoms with Gasteiger partial charge in [0.15, 0.2) is 0 Å². The Balaban J connectivity index is 1.75. The fourth-order valence-electron chi connectivity index (χ4n) is 2.22. The van der Waals surface area contributed by atoms with Crippen LogP contribution in [0.2, 0.25) is 0 Å². The van der Waals surface area contributed by atoms with Gasteiger partial charge in [0.1, 0.15) is 5.82 Å². The number of hydrogen-bond acceptors (Lipinski definition) is 3. The maximum absolute atomic E-state index is 12.8. The monoisotopic (exact) mass is 329 g/mol. The van der Waals surface area contributed by atoms with Gasteiger partial charge in [-0.15, -0.1) is 0 Å². The first-order chi connectivity index (χ1) is 11.5. The summed E-state index contributed by atoms with van der Waals surface area (Å²) >= 11 is 0. The third kappa shape index (κ3) is 6.38. The zero-order valence-electron chi connectivity index (χ0n) is 14.2. The van der Waals surface area contributed by atoms with Gasteiger partial charge in [0.25, 0.3) is 0 Å². The van der Waals surface area contributed by atoms with E-state index in [1.807, 2.05) is 38.4 Å². The molecule has 4 nitrogen and oxygen atoms in total. The molecule has 2 aromatic rings. The Morgan fingerprint density at radius 2 is 1.62 bits per heavy atom. The smallest absolute Gasteiger partial charge is 0.224 e. The van der Waals surface area contributed by atoms with Crippen LogP contribution in [0.4, 0.5) is 10.1 Å². The molecule has 0 aromatic heterocycles. The quantitative estimate of drug-likeness (QED) is 0.783. The minimum atomic E-state index is -0.293. The number of hydrogen-bond donors (Lipinski definition) is 2. The molecule has 2 aromatic carbocycles. The minimum absolute atomic E-state index is 0.0743. The summed E-state index contributed by atoms with van der Waals surface area (Å²) in [6.45, 7) is 2.35. The highest BCUT2D eigenvalue weighted by molar-refractivity contribution is 5.78. The number of anilines is 1. The molecule has 24 heavy (non-hydrogen) atoms. The van der Waals surface area contributed by atoms with Crippen molar-refractivity contribution < 1.29 is 9.18 Å². The van der Waals surface area contributed by atoms with E-state index in [1.165, 1.54) is 12.1 Å². The molecule has 0 saturated carbocycles.